The third-order valence-corrected chi connectivity index (χ3v) is 7.07. The Hall–Kier alpha value is -3.10. The van der Waals surface area contributed by atoms with Gasteiger partial charge >= 0.3 is 0 Å². The van der Waals surface area contributed by atoms with Crippen LogP contribution in [0.1, 0.15) is 44.3 Å². The molecule has 0 spiro atoms. The molecule has 5 rings (SSSR count). The zero-order valence-corrected chi connectivity index (χ0v) is 18.5. The van der Waals surface area contributed by atoms with Crippen molar-refractivity contribution < 1.29 is 14.0 Å². The Balaban J connectivity index is 1.33. The number of benzene rings is 2. The predicted octanol–water partition coefficient (Wildman–Crippen LogP) is 3.96. The van der Waals surface area contributed by atoms with Crippen LogP contribution in [0.5, 0.6) is 0 Å². The SMILES string of the molecule is CC(c1nccs1)N1C(=O)c2cccc(N3CCN(Cc4cccc(F)c4)CC3)c2C1=O. The van der Waals surface area contributed by atoms with Crippen LogP contribution >= 0.6 is 11.3 Å². The van der Waals surface area contributed by atoms with Crippen LogP contribution in [0, 0.1) is 5.82 Å². The molecule has 2 aromatic carbocycles. The molecule has 1 unspecified atom stereocenters. The van der Waals surface area contributed by atoms with E-state index in [-0.39, 0.29) is 17.6 Å². The minimum atomic E-state index is -0.404. The molecule has 0 saturated carbocycles. The van der Waals surface area contributed by atoms with Crippen LogP contribution in [0.15, 0.2) is 54.0 Å². The minimum Gasteiger partial charge on any atom is -0.368 e. The molecule has 1 saturated heterocycles. The third kappa shape index (κ3) is 3.69. The second kappa shape index (κ2) is 8.44. The highest BCUT2D eigenvalue weighted by Crippen LogP contribution is 2.37. The van der Waals surface area contributed by atoms with Crippen molar-refractivity contribution in [1.82, 2.24) is 14.8 Å². The molecule has 0 bridgehead atoms. The predicted molar refractivity (Wildman–Crippen MR) is 121 cm³/mol. The summed E-state index contributed by atoms with van der Waals surface area (Å²) in [6, 6.07) is 11.8. The van der Waals surface area contributed by atoms with Crippen molar-refractivity contribution in [3.8, 4) is 0 Å². The van der Waals surface area contributed by atoms with E-state index in [0.717, 1.165) is 42.4 Å². The lowest BCUT2D eigenvalue weighted by Crippen LogP contribution is -2.46. The number of anilines is 1. The van der Waals surface area contributed by atoms with Crippen LogP contribution in [0.25, 0.3) is 0 Å². The molecule has 0 radical (unpaired) electrons. The van der Waals surface area contributed by atoms with Gasteiger partial charge in [0.1, 0.15) is 10.8 Å². The molecule has 0 N–H and O–H groups in total. The number of piperazine rings is 1. The third-order valence-electron chi connectivity index (χ3n) is 6.13. The molecule has 6 nitrogen and oxygen atoms in total. The number of amides is 2. The number of aromatic nitrogens is 1. The first-order valence-electron chi connectivity index (χ1n) is 10.6. The number of hydrogen-bond donors (Lipinski definition) is 0. The Morgan fingerprint density at radius 2 is 1.84 bits per heavy atom. The average Bonchev–Trinajstić information content (AvgIpc) is 3.42. The Morgan fingerprint density at radius 1 is 1.06 bits per heavy atom. The molecule has 2 amide bonds. The van der Waals surface area contributed by atoms with Crippen LogP contribution in [0.4, 0.5) is 10.1 Å². The molecule has 1 aromatic heterocycles. The highest BCUT2D eigenvalue weighted by atomic mass is 32.1. The quantitative estimate of drug-likeness (QED) is 0.551. The fraction of sp³-hybridized carbons (Fsp3) is 0.292. The minimum absolute atomic E-state index is 0.222. The van der Waals surface area contributed by atoms with Crippen LogP contribution in [0.3, 0.4) is 0 Å². The van der Waals surface area contributed by atoms with Crippen molar-refractivity contribution in [2.24, 2.45) is 0 Å². The average molecular weight is 451 g/mol. The number of carbonyl (C=O) groups is 2. The van der Waals surface area contributed by atoms with Gasteiger partial charge in [-0.1, -0.05) is 18.2 Å². The topological polar surface area (TPSA) is 56.8 Å². The lowest BCUT2D eigenvalue weighted by molar-refractivity contribution is 0.0595. The van der Waals surface area contributed by atoms with Crippen molar-refractivity contribution >= 4 is 28.8 Å². The van der Waals surface area contributed by atoms with E-state index in [2.05, 4.69) is 14.8 Å². The number of thiazole rings is 1. The normalized spacial score (nSPS) is 17.7. The Morgan fingerprint density at radius 3 is 2.56 bits per heavy atom. The Labute approximate surface area is 189 Å². The van der Waals surface area contributed by atoms with Gasteiger partial charge in [-0.25, -0.2) is 9.37 Å². The van der Waals surface area contributed by atoms with E-state index in [0.29, 0.717) is 17.7 Å². The molecule has 8 heteroatoms. The number of imide groups is 1. The zero-order chi connectivity index (χ0) is 22.2. The van der Waals surface area contributed by atoms with Gasteiger partial charge in [0.25, 0.3) is 11.8 Å². The summed E-state index contributed by atoms with van der Waals surface area (Å²) < 4.78 is 13.5. The maximum absolute atomic E-state index is 13.5. The molecule has 3 aromatic rings. The Kier molecular flexibility index (Phi) is 5.48. The zero-order valence-electron chi connectivity index (χ0n) is 17.7. The number of fused-ring (bicyclic) bond motifs is 1. The van der Waals surface area contributed by atoms with Gasteiger partial charge in [-0.05, 0) is 36.8 Å². The lowest BCUT2D eigenvalue weighted by atomic mass is 10.1. The smallest absolute Gasteiger partial charge is 0.264 e. The molecule has 2 aliphatic rings. The van der Waals surface area contributed by atoms with Crippen LogP contribution in [0.2, 0.25) is 0 Å². The van der Waals surface area contributed by atoms with Gasteiger partial charge in [0.05, 0.1) is 22.9 Å². The van der Waals surface area contributed by atoms with Gasteiger partial charge in [-0.15, -0.1) is 11.3 Å². The molecule has 1 atom stereocenters. The highest BCUT2D eigenvalue weighted by Gasteiger charge is 2.42. The van der Waals surface area contributed by atoms with Crippen LogP contribution in [-0.4, -0.2) is 52.8 Å². The standard InChI is InChI=1S/C24H23FN4O2S/c1-16(22-26-8-13-32-22)29-23(30)19-6-3-7-20(21(19)24(29)31)28-11-9-27(10-12-28)15-17-4-2-5-18(25)14-17/h2-8,13-14,16H,9-12,15H2,1H3. The second-order valence-electron chi connectivity index (χ2n) is 8.12. The number of rotatable bonds is 5. The molecule has 1 fully saturated rings. The maximum atomic E-state index is 13.5. The number of halogens is 1. The van der Waals surface area contributed by atoms with E-state index in [9.17, 15) is 14.0 Å². The van der Waals surface area contributed by atoms with Crippen molar-refractivity contribution in [2.75, 3.05) is 31.1 Å². The number of nitrogens with zero attached hydrogens (tertiary/aromatic N) is 4. The van der Waals surface area contributed by atoms with Gasteiger partial charge in [0.15, 0.2) is 0 Å². The van der Waals surface area contributed by atoms with Crippen molar-refractivity contribution in [2.45, 2.75) is 19.5 Å². The van der Waals surface area contributed by atoms with E-state index >= 15 is 0 Å². The van der Waals surface area contributed by atoms with E-state index in [1.54, 1.807) is 24.4 Å². The monoisotopic (exact) mass is 450 g/mol. The summed E-state index contributed by atoms with van der Waals surface area (Å²) in [6.45, 7) is 5.58. The van der Waals surface area contributed by atoms with E-state index in [1.165, 1.54) is 22.3 Å². The largest absolute Gasteiger partial charge is 0.368 e. The van der Waals surface area contributed by atoms with E-state index < -0.39 is 6.04 Å². The number of hydrogen-bond acceptors (Lipinski definition) is 6. The van der Waals surface area contributed by atoms with Gasteiger partial charge < -0.3 is 4.90 Å². The first-order valence-corrected chi connectivity index (χ1v) is 11.5. The lowest BCUT2D eigenvalue weighted by Gasteiger charge is -2.36. The molecular formula is C24H23FN4O2S. The molecular weight excluding hydrogens is 427 g/mol. The summed E-state index contributed by atoms with van der Waals surface area (Å²) in [5, 5.41) is 2.59. The number of carbonyl (C=O) groups excluding carboxylic acids is 2. The van der Waals surface area contributed by atoms with Crippen molar-refractivity contribution in [1.29, 1.82) is 0 Å². The van der Waals surface area contributed by atoms with E-state index in [4.69, 9.17) is 0 Å². The van der Waals surface area contributed by atoms with Crippen LogP contribution in [-0.2, 0) is 6.54 Å². The second-order valence-corrected chi connectivity index (χ2v) is 9.05. The molecule has 0 aliphatic carbocycles. The first kappa shape index (κ1) is 20.8. The van der Waals surface area contributed by atoms with Gasteiger partial charge in [-0.3, -0.25) is 19.4 Å². The molecule has 3 heterocycles. The molecule has 2 aliphatic heterocycles. The van der Waals surface area contributed by atoms with Gasteiger partial charge in [0.2, 0.25) is 0 Å². The fourth-order valence-corrected chi connectivity index (χ4v) is 5.18. The fourth-order valence-electron chi connectivity index (χ4n) is 4.49. The van der Waals surface area contributed by atoms with Crippen molar-refractivity contribution in [3.63, 3.8) is 0 Å². The van der Waals surface area contributed by atoms with E-state index in [1.807, 2.05) is 30.5 Å². The summed E-state index contributed by atoms with van der Waals surface area (Å²) in [4.78, 5) is 36.5. The first-order chi connectivity index (χ1) is 15.5. The summed E-state index contributed by atoms with van der Waals surface area (Å²) in [7, 11) is 0. The Bertz CT molecular complexity index is 1160. The van der Waals surface area contributed by atoms with Gasteiger partial charge in [-0.2, -0.15) is 0 Å². The molecule has 164 valence electrons. The summed E-state index contributed by atoms with van der Waals surface area (Å²) in [5.74, 6) is -0.745. The maximum Gasteiger partial charge on any atom is 0.264 e. The van der Waals surface area contributed by atoms with Crippen LogP contribution < -0.4 is 4.90 Å². The summed E-state index contributed by atoms with van der Waals surface area (Å²) >= 11 is 1.44. The summed E-state index contributed by atoms with van der Waals surface area (Å²) in [6.07, 6.45) is 1.68. The summed E-state index contributed by atoms with van der Waals surface area (Å²) in [5.41, 5.74) is 2.70. The highest BCUT2D eigenvalue weighted by molar-refractivity contribution is 7.09. The van der Waals surface area contributed by atoms with Gasteiger partial charge in [0, 0.05) is 44.3 Å². The van der Waals surface area contributed by atoms with Crippen molar-refractivity contribution in [3.05, 3.63) is 81.6 Å². The molecule has 32 heavy (non-hydrogen) atoms.